The quantitative estimate of drug-likeness (QED) is 0.483. The molecule has 0 aliphatic carbocycles. The number of halogens is 1. The second-order valence-electron chi connectivity index (χ2n) is 7.85. The summed E-state index contributed by atoms with van der Waals surface area (Å²) in [4.78, 5) is 16.8. The fraction of sp³-hybridized carbons (Fsp3) is 0.261. The molecule has 162 valence electrons. The molecule has 0 bridgehead atoms. The molecule has 1 aliphatic rings. The highest BCUT2D eigenvalue weighted by atomic mass is 19.1. The Balaban J connectivity index is 1.48. The van der Waals surface area contributed by atoms with E-state index in [1.54, 1.807) is 36.4 Å². The first-order valence-electron chi connectivity index (χ1n) is 10.4. The Morgan fingerprint density at radius 1 is 1.12 bits per heavy atom. The maximum atomic E-state index is 14.0. The molecule has 3 heterocycles. The highest BCUT2D eigenvalue weighted by molar-refractivity contribution is 5.98. The largest absolute Gasteiger partial charge is 0.418 e. The Bertz CT molecular complexity index is 1280. The molecular weight excluding hydrogens is 411 g/mol. The van der Waals surface area contributed by atoms with Crippen molar-refractivity contribution < 1.29 is 13.6 Å². The van der Waals surface area contributed by atoms with Gasteiger partial charge < -0.3 is 9.32 Å². The van der Waals surface area contributed by atoms with Crippen molar-refractivity contribution in [2.45, 2.75) is 32.7 Å². The monoisotopic (exact) mass is 432 g/mol. The van der Waals surface area contributed by atoms with Crippen molar-refractivity contribution >= 4 is 5.91 Å². The molecule has 1 fully saturated rings. The molecule has 1 saturated heterocycles. The van der Waals surface area contributed by atoms with Crippen LogP contribution in [0.2, 0.25) is 0 Å². The molecule has 9 heteroatoms. The summed E-state index contributed by atoms with van der Waals surface area (Å²) in [6, 6.07) is 9.98. The van der Waals surface area contributed by atoms with E-state index in [4.69, 9.17) is 4.42 Å². The summed E-state index contributed by atoms with van der Waals surface area (Å²) in [5.41, 5.74) is 3.07. The van der Waals surface area contributed by atoms with Crippen molar-refractivity contribution in [2.75, 3.05) is 6.54 Å². The van der Waals surface area contributed by atoms with Crippen molar-refractivity contribution in [2.24, 2.45) is 0 Å². The summed E-state index contributed by atoms with van der Waals surface area (Å²) in [6.07, 6.45) is 4.66. The molecule has 1 unspecified atom stereocenters. The second-order valence-corrected chi connectivity index (χ2v) is 7.85. The average Bonchev–Trinajstić information content (AvgIpc) is 3.56. The molecule has 0 radical (unpaired) electrons. The molecule has 2 aromatic heterocycles. The first-order valence-corrected chi connectivity index (χ1v) is 10.4. The van der Waals surface area contributed by atoms with Crippen LogP contribution in [0.4, 0.5) is 4.39 Å². The van der Waals surface area contributed by atoms with E-state index in [1.165, 1.54) is 10.9 Å². The number of aromatic nitrogens is 5. The van der Waals surface area contributed by atoms with Crippen LogP contribution in [0.3, 0.4) is 0 Å². The lowest BCUT2D eigenvalue weighted by molar-refractivity contribution is 0.0715. The topological polar surface area (TPSA) is 89.9 Å². The van der Waals surface area contributed by atoms with Gasteiger partial charge in [0.25, 0.3) is 5.91 Å². The smallest absolute Gasteiger partial charge is 0.256 e. The Morgan fingerprint density at radius 2 is 1.94 bits per heavy atom. The summed E-state index contributed by atoms with van der Waals surface area (Å²) in [5, 5.41) is 16.7. The average molecular weight is 432 g/mol. The highest BCUT2D eigenvalue weighted by Gasteiger charge is 2.35. The van der Waals surface area contributed by atoms with Gasteiger partial charge in [0.05, 0.1) is 23.6 Å². The zero-order valence-corrected chi connectivity index (χ0v) is 17.7. The molecule has 1 amide bonds. The summed E-state index contributed by atoms with van der Waals surface area (Å²) < 4.78 is 19.9. The zero-order valence-electron chi connectivity index (χ0n) is 17.7. The number of hydrogen-bond acceptors (Lipinski definition) is 6. The molecular formula is C23H21FN6O2. The maximum absolute atomic E-state index is 14.0. The van der Waals surface area contributed by atoms with Gasteiger partial charge in [-0.1, -0.05) is 17.7 Å². The number of benzene rings is 2. The number of carbonyl (C=O) groups is 1. The number of amides is 1. The third-order valence-corrected chi connectivity index (χ3v) is 5.75. The lowest BCUT2D eigenvalue weighted by atomic mass is 10.1. The van der Waals surface area contributed by atoms with Gasteiger partial charge in [-0.25, -0.2) is 4.39 Å². The zero-order chi connectivity index (χ0) is 22.2. The number of likely N-dealkylation sites (tertiary alicyclic amines) is 1. The molecule has 32 heavy (non-hydrogen) atoms. The number of hydrogen-bond donors (Lipinski definition) is 0. The molecule has 0 spiro atoms. The second kappa shape index (κ2) is 7.99. The van der Waals surface area contributed by atoms with Crippen molar-refractivity contribution in [3.8, 4) is 17.1 Å². The molecule has 8 nitrogen and oxygen atoms in total. The number of carbonyl (C=O) groups excluding carboxylic acids is 1. The Kier molecular flexibility index (Phi) is 5.01. The lowest BCUT2D eigenvalue weighted by Gasteiger charge is -2.23. The number of aryl methyl sites for hydroxylation is 1. The number of nitrogens with zero attached hydrogens (tertiary/aromatic N) is 6. The summed E-state index contributed by atoms with van der Waals surface area (Å²) in [5.74, 6) is 0.110. The molecule has 5 rings (SSSR count). The van der Waals surface area contributed by atoms with Crippen molar-refractivity contribution in [1.29, 1.82) is 0 Å². The molecule has 4 aromatic rings. The van der Waals surface area contributed by atoms with Crippen molar-refractivity contribution in [1.82, 2.24) is 30.1 Å². The molecule has 2 aromatic carbocycles. The van der Waals surface area contributed by atoms with E-state index in [0.29, 0.717) is 41.2 Å². The third-order valence-electron chi connectivity index (χ3n) is 5.75. The summed E-state index contributed by atoms with van der Waals surface area (Å²) in [6.45, 7) is 4.17. The van der Waals surface area contributed by atoms with E-state index >= 15 is 0 Å². The minimum Gasteiger partial charge on any atom is -0.418 e. The van der Waals surface area contributed by atoms with Crippen LogP contribution in [0, 0.1) is 19.7 Å². The van der Waals surface area contributed by atoms with Gasteiger partial charge in [0, 0.05) is 12.1 Å². The Labute approximate surface area is 183 Å². The minimum absolute atomic E-state index is 0.148. The highest BCUT2D eigenvalue weighted by Crippen LogP contribution is 2.35. The van der Waals surface area contributed by atoms with Crippen LogP contribution in [0.1, 0.15) is 46.3 Å². The van der Waals surface area contributed by atoms with Crippen LogP contribution < -0.4 is 0 Å². The van der Waals surface area contributed by atoms with E-state index in [1.807, 2.05) is 25.1 Å². The molecule has 0 saturated carbocycles. The molecule has 1 atom stereocenters. The maximum Gasteiger partial charge on any atom is 0.256 e. The van der Waals surface area contributed by atoms with Crippen LogP contribution in [-0.4, -0.2) is 42.5 Å². The Hall–Kier alpha value is -3.88. The van der Waals surface area contributed by atoms with Crippen molar-refractivity contribution in [3.05, 3.63) is 77.2 Å². The fourth-order valence-corrected chi connectivity index (χ4v) is 4.07. The van der Waals surface area contributed by atoms with Gasteiger partial charge >= 0.3 is 0 Å². The predicted molar refractivity (Wildman–Crippen MR) is 114 cm³/mol. The molecule has 0 N–H and O–H groups in total. The van der Waals surface area contributed by atoms with Gasteiger partial charge in [-0.3, -0.25) is 4.79 Å². The lowest BCUT2D eigenvalue weighted by Crippen LogP contribution is -2.31. The molecule has 1 aliphatic heterocycles. The summed E-state index contributed by atoms with van der Waals surface area (Å²) >= 11 is 0. The van der Waals surface area contributed by atoms with Gasteiger partial charge in [0.1, 0.15) is 11.9 Å². The van der Waals surface area contributed by atoms with E-state index < -0.39 is 0 Å². The predicted octanol–water partition coefficient (Wildman–Crippen LogP) is 4.05. The minimum atomic E-state index is -0.350. The third kappa shape index (κ3) is 3.45. The van der Waals surface area contributed by atoms with E-state index in [9.17, 15) is 9.18 Å². The number of rotatable bonds is 4. The van der Waals surface area contributed by atoms with Crippen molar-refractivity contribution in [3.63, 3.8) is 0 Å². The standard InChI is InChI=1S/C23H21FN6O2/c1-14-8-9-19(30-25-10-11-26-30)17(13-14)23(31)29-12-4-7-20(29)22-28-27-21(32-22)16-5-3-6-18(24)15(16)2/h3,5-6,8-11,13,20H,4,7,12H2,1-2H3. The van der Waals surface area contributed by atoms with Crippen LogP contribution >= 0.6 is 0 Å². The van der Waals surface area contributed by atoms with Crippen LogP contribution in [0.5, 0.6) is 0 Å². The van der Waals surface area contributed by atoms with Gasteiger partial charge in [-0.2, -0.15) is 15.0 Å². The SMILES string of the molecule is Cc1ccc(-n2nccn2)c(C(=O)N2CCCC2c2nnc(-c3cccc(F)c3C)o2)c1. The first kappa shape index (κ1) is 20.0. The van der Waals surface area contributed by atoms with Crippen LogP contribution in [-0.2, 0) is 0 Å². The van der Waals surface area contributed by atoms with Gasteiger partial charge in [0.15, 0.2) is 0 Å². The van der Waals surface area contributed by atoms with Gasteiger partial charge in [-0.05, 0) is 56.5 Å². The van der Waals surface area contributed by atoms with Gasteiger partial charge in [-0.15, -0.1) is 10.2 Å². The Morgan fingerprint density at radius 3 is 2.75 bits per heavy atom. The van der Waals surface area contributed by atoms with E-state index in [0.717, 1.165) is 12.0 Å². The van der Waals surface area contributed by atoms with E-state index in [-0.39, 0.29) is 23.7 Å². The normalized spacial score (nSPS) is 16.0. The fourth-order valence-electron chi connectivity index (χ4n) is 4.07. The summed E-state index contributed by atoms with van der Waals surface area (Å²) in [7, 11) is 0. The first-order chi connectivity index (χ1) is 15.5. The van der Waals surface area contributed by atoms with Crippen LogP contribution in [0.15, 0.2) is 53.2 Å². The van der Waals surface area contributed by atoms with E-state index in [2.05, 4.69) is 20.4 Å². The van der Waals surface area contributed by atoms with Crippen LogP contribution in [0.25, 0.3) is 17.1 Å². The van der Waals surface area contributed by atoms with Gasteiger partial charge in [0.2, 0.25) is 11.8 Å².